The number of anilines is 1. The molecule has 0 unspecified atom stereocenters. The van der Waals surface area contributed by atoms with Crippen LogP contribution in [0.15, 0.2) is 42.5 Å². The smallest absolute Gasteiger partial charge is 0.337 e. The summed E-state index contributed by atoms with van der Waals surface area (Å²) in [7, 11) is 2.44. The summed E-state index contributed by atoms with van der Waals surface area (Å²) in [5.41, 5.74) is 1.73. The molecule has 8 heteroatoms. The minimum atomic E-state index is -0.645. The average molecular weight is 410 g/mol. The second-order valence-electron chi connectivity index (χ2n) is 6.93. The van der Waals surface area contributed by atoms with Crippen molar-refractivity contribution >= 4 is 29.4 Å². The number of carbonyl (C=O) groups is 4. The molecule has 0 aromatic heterocycles. The Hall–Kier alpha value is -3.68. The molecular weight excluding hydrogens is 388 g/mol. The third-order valence-corrected chi connectivity index (χ3v) is 4.66. The summed E-state index contributed by atoms with van der Waals surface area (Å²) in [6, 6.07) is 11.0. The Bertz CT molecular complexity index is 945. The summed E-state index contributed by atoms with van der Waals surface area (Å²) in [6.07, 6.45) is 1.89. The Labute approximate surface area is 173 Å². The number of hydrogen-bond donors (Lipinski definition) is 2. The van der Waals surface area contributed by atoms with Crippen LogP contribution in [0.3, 0.4) is 0 Å². The summed E-state index contributed by atoms with van der Waals surface area (Å²) in [4.78, 5) is 48.0. The zero-order valence-electron chi connectivity index (χ0n) is 16.7. The van der Waals surface area contributed by atoms with Crippen LogP contribution in [-0.4, -0.2) is 38.0 Å². The first-order chi connectivity index (χ1) is 14.4. The van der Waals surface area contributed by atoms with E-state index in [0.29, 0.717) is 12.1 Å². The molecule has 2 aromatic carbocycles. The number of benzene rings is 2. The number of rotatable bonds is 7. The van der Waals surface area contributed by atoms with E-state index in [4.69, 9.17) is 0 Å². The van der Waals surface area contributed by atoms with E-state index in [2.05, 4.69) is 20.1 Å². The maximum atomic E-state index is 12.6. The lowest BCUT2D eigenvalue weighted by atomic mass is 10.1. The van der Waals surface area contributed by atoms with Gasteiger partial charge in [-0.1, -0.05) is 12.1 Å². The van der Waals surface area contributed by atoms with Gasteiger partial charge in [0.15, 0.2) is 0 Å². The molecule has 156 valence electrons. The molecular formula is C22H22N2O6. The van der Waals surface area contributed by atoms with Crippen molar-refractivity contribution in [1.82, 2.24) is 5.32 Å². The highest BCUT2D eigenvalue weighted by atomic mass is 16.5. The number of ether oxygens (including phenoxy) is 2. The van der Waals surface area contributed by atoms with E-state index in [0.717, 1.165) is 18.4 Å². The monoisotopic (exact) mass is 410 g/mol. The van der Waals surface area contributed by atoms with E-state index < -0.39 is 17.8 Å². The van der Waals surface area contributed by atoms with Crippen LogP contribution in [0.2, 0.25) is 0 Å². The minimum absolute atomic E-state index is 0.0590. The molecule has 0 atom stereocenters. The first-order valence-corrected chi connectivity index (χ1v) is 9.41. The highest BCUT2D eigenvalue weighted by Crippen LogP contribution is 2.28. The molecule has 2 aromatic rings. The number of esters is 2. The Morgan fingerprint density at radius 2 is 1.43 bits per heavy atom. The van der Waals surface area contributed by atoms with Crippen molar-refractivity contribution in [3.05, 3.63) is 64.7 Å². The van der Waals surface area contributed by atoms with E-state index in [1.807, 2.05) is 0 Å². The second kappa shape index (κ2) is 9.21. The van der Waals surface area contributed by atoms with Gasteiger partial charge in [0, 0.05) is 23.7 Å². The standard InChI is InChI=1S/C22H22N2O6/c1-29-21(27)16-9-17(22(28)30-2)11-18(10-16)24-20(26)15-5-3-13(4-6-15)12-23-19(25)14-7-8-14/h3-6,9-11,14H,7-8,12H2,1-2H3,(H,23,25)(H,24,26). The van der Waals surface area contributed by atoms with Gasteiger partial charge in [0.1, 0.15) is 0 Å². The van der Waals surface area contributed by atoms with Gasteiger partial charge < -0.3 is 20.1 Å². The maximum Gasteiger partial charge on any atom is 0.337 e. The molecule has 1 aliphatic rings. The molecule has 2 amide bonds. The van der Waals surface area contributed by atoms with Crippen LogP contribution in [-0.2, 0) is 20.8 Å². The van der Waals surface area contributed by atoms with E-state index in [-0.39, 0.29) is 28.6 Å². The normalized spacial score (nSPS) is 12.6. The number of nitrogens with one attached hydrogen (secondary N) is 2. The van der Waals surface area contributed by atoms with Crippen molar-refractivity contribution < 1.29 is 28.7 Å². The fourth-order valence-corrected chi connectivity index (χ4v) is 2.83. The van der Waals surface area contributed by atoms with E-state index in [1.165, 1.54) is 32.4 Å². The van der Waals surface area contributed by atoms with E-state index in [1.54, 1.807) is 24.3 Å². The number of methoxy groups -OCH3 is 2. The highest BCUT2D eigenvalue weighted by Gasteiger charge is 2.29. The van der Waals surface area contributed by atoms with E-state index in [9.17, 15) is 19.2 Å². The summed E-state index contributed by atoms with van der Waals surface area (Å²) >= 11 is 0. The molecule has 0 radical (unpaired) electrons. The van der Waals surface area contributed by atoms with Gasteiger partial charge in [0.25, 0.3) is 5.91 Å². The third kappa shape index (κ3) is 5.22. The van der Waals surface area contributed by atoms with Gasteiger partial charge in [0.05, 0.1) is 25.3 Å². The van der Waals surface area contributed by atoms with Gasteiger partial charge in [0.2, 0.25) is 5.91 Å². The van der Waals surface area contributed by atoms with E-state index >= 15 is 0 Å². The Morgan fingerprint density at radius 3 is 1.93 bits per heavy atom. The van der Waals surface area contributed by atoms with Crippen molar-refractivity contribution in [3.63, 3.8) is 0 Å². The first-order valence-electron chi connectivity index (χ1n) is 9.41. The van der Waals surface area contributed by atoms with Crippen LogP contribution in [0.5, 0.6) is 0 Å². The zero-order valence-corrected chi connectivity index (χ0v) is 16.7. The van der Waals surface area contributed by atoms with Crippen LogP contribution in [0, 0.1) is 5.92 Å². The van der Waals surface area contributed by atoms with Crippen molar-refractivity contribution in [2.45, 2.75) is 19.4 Å². The van der Waals surface area contributed by atoms with Gasteiger partial charge in [-0.05, 0) is 48.7 Å². The molecule has 0 aliphatic heterocycles. The summed E-state index contributed by atoms with van der Waals surface area (Å²) in [5, 5.41) is 5.53. The fraction of sp³-hybridized carbons (Fsp3) is 0.273. The Balaban J connectivity index is 1.70. The highest BCUT2D eigenvalue weighted by molar-refractivity contribution is 6.06. The summed E-state index contributed by atoms with van der Waals surface area (Å²) in [5.74, 6) is -1.50. The fourth-order valence-electron chi connectivity index (χ4n) is 2.83. The summed E-state index contributed by atoms with van der Waals surface area (Å²) in [6.45, 7) is 0.404. The number of carbonyl (C=O) groups excluding carboxylic acids is 4. The Morgan fingerprint density at radius 1 is 0.867 bits per heavy atom. The topological polar surface area (TPSA) is 111 Å². The molecule has 2 N–H and O–H groups in total. The molecule has 1 fully saturated rings. The van der Waals surface area contributed by atoms with Crippen LogP contribution in [0.4, 0.5) is 5.69 Å². The molecule has 8 nitrogen and oxygen atoms in total. The minimum Gasteiger partial charge on any atom is -0.465 e. The molecule has 0 spiro atoms. The molecule has 30 heavy (non-hydrogen) atoms. The zero-order chi connectivity index (χ0) is 21.7. The van der Waals surface area contributed by atoms with Gasteiger partial charge in [-0.25, -0.2) is 9.59 Å². The number of amides is 2. The van der Waals surface area contributed by atoms with Gasteiger partial charge >= 0.3 is 11.9 Å². The van der Waals surface area contributed by atoms with Crippen molar-refractivity contribution in [2.75, 3.05) is 19.5 Å². The molecule has 3 rings (SSSR count). The van der Waals surface area contributed by atoms with Crippen LogP contribution >= 0.6 is 0 Å². The Kier molecular flexibility index (Phi) is 6.46. The second-order valence-corrected chi connectivity index (χ2v) is 6.93. The molecule has 1 saturated carbocycles. The third-order valence-electron chi connectivity index (χ3n) is 4.66. The van der Waals surface area contributed by atoms with Crippen LogP contribution in [0.1, 0.15) is 49.5 Å². The molecule has 1 aliphatic carbocycles. The SMILES string of the molecule is COC(=O)c1cc(NC(=O)c2ccc(CNC(=O)C3CC3)cc2)cc(C(=O)OC)c1. The van der Waals surface area contributed by atoms with Gasteiger partial charge in [-0.15, -0.1) is 0 Å². The van der Waals surface area contributed by atoms with Crippen molar-refractivity contribution in [1.29, 1.82) is 0 Å². The van der Waals surface area contributed by atoms with Crippen LogP contribution in [0.25, 0.3) is 0 Å². The molecule has 0 bridgehead atoms. The molecule has 0 heterocycles. The van der Waals surface area contributed by atoms with Crippen molar-refractivity contribution in [2.24, 2.45) is 5.92 Å². The summed E-state index contributed by atoms with van der Waals surface area (Å²) < 4.78 is 9.37. The quantitative estimate of drug-likeness (QED) is 0.679. The van der Waals surface area contributed by atoms with Crippen LogP contribution < -0.4 is 10.6 Å². The largest absolute Gasteiger partial charge is 0.465 e. The first kappa shape index (κ1) is 21.0. The van der Waals surface area contributed by atoms with Gasteiger partial charge in [-0.3, -0.25) is 9.59 Å². The predicted molar refractivity (Wildman–Crippen MR) is 108 cm³/mol. The lowest BCUT2D eigenvalue weighted by molar-refractivity contribution is -0.122. The lowest BCUT2D eigenvalue weighted by Crippen LogP contribution is -2.24. The predicted octanol–water partition coefficient (Wildman–Crippen LogP) is 2.54. The average Bonchev–Trinajstić information content (AvgIpc) is 3.62. The van der Waals surface area contributed by atoms with Crippen molar-refractivity contribution in [3.8, 4) is 0 Å². The molecule has 0 saturated heterocycles. The van der Waals surface area contributed by atoms with Gasteiger partial charge in [-0.2, -0.15) is 0 Å². The maximum absolute atomic E-state index is 12.6. The lowest BCUT2D eigenvalue weighted by Gasteiger charge is -2.10. The number of hydrogen-bond acceptors (Lipinski definition) is 6.